The number of hydrogen-bond acceptors (Lipinski definition) is 9. The van der Waals surface area contributed by atoms with E-state index in [9.17, 15) is 10.1 Å². The highest BCUT2D eigenvalue weighted by atomic mass is 16.5. The van der Waals surface area contributed by atoms with E-state index in [-0.39, 0.29) is 23.5 Å². The molecule has 1 aliphatic rings. The van der Waals surface area contributed by atoms with Crippen LogP contribution in [0.25, 0.3) is 0 Å². The monoisotopic (exact) mass is 540 g/mol. The molecule has 1 fully saturated rings. The highest BCUT2D eigenvalue weighted by Gasteiger charge is 2.18. The molecule has 2 aromatic carbocycles. The molecule has 0 aliphatic carbocycles. The quantitative estimate of drug-likeness (QED) is 0.298. The number of nitrogens with one attached hydrogen (secondary N) is 3. The van der Waals surface area contributed by atoms with E-state index in [1.54, 1.807) is 0 Å². The lowest BCUT2D eigenvalue weighted by atomic mass is 10.2. The fourth-order valence-electron chi connectivity index (χ4n) is 4.40. The lowest BCUT2D eigenvalue weighted by Gasteiger charge is -2.35. The average molecular weight is 541 g/mol. The SMILES string of the molecule is C=CC(=O)Nc1cc(N2CCN(CC)CC2)ccc1Nc1ncc(C#N)c(Nc2ccc(C)cc2OC(C)C)n1. The van der Waals surface area contributed by atoms with Gasteiger partial charge in [-0.25, -0.2) is 4.98 Å². The van der Waals surface area contributed by atoms with Crippen LogP contribution < -0.4 is 25.6 Å². The first kappa shape index (κ1) is 28.4. The molecule has 2 heterocycles. The zero-order chi connectivity index (χ0) is 28.6. The van der Waals surface area contributed by atoms with Crippen molar-refractivity contribution in [1.29, 1.82) is 5.26 Å². The third-order valence-corrected chi connectivity index (χ3v) is 6.54. The van der Waals surface area contributed by atoms with Crippen LogP contribution in [0.15, 0.2) is 55.3 Å². The number of hydrogen-bond donors (Lipinski definition) is 3. The summed E-state index contributed by atoms with van der Waals surface area (Å²) in [6.07, 6.45) is 2.66. The van der Waals surface area contributed by atoms with Crippen molar-refractivity contribution in [3.63, 3.8) is 0 Å². The van der Waals surface area contributed by atoms with Gasteiger partial charge < -0.3 is 30.5 Å². The number of carbonyl (C=O) groups excluding carboxylic acids is 1. The van der Waals surface area contributed by atoms with Crippen molar-refractivity contribution in [2.75, 3.05) is 53.6 Å². The molecule has 0 spiro atoms. The number of carbonyl (C=O) groups is 1. The Balaban J connectivity index is 1.62. The van der Waals surface area contributed by atoms with Gasteiger partial charge in [0.25, 0.3) is 0 Å². The van der Waals surface area contributed by atoms with Crippen LogP contribution in [0, 0.1) is 18.3 Å². The van der Waals surface area contributed by atoms with Gasteiger partial charge in [-0.2, -0.15) is 10.2 Å². The van der Waals surface area contributed by atoms with Crippen LogP contribution in [0.2, 0.25) is 0 Å². The summed E-state index contributed by atoms with van der Waals surface area (Å²) in [5, 5.41) is 19.0. The standard InChI is InChI=1S/C30H36N8O2/c1-6-28(39)33-26-17-23(38-14-12-37(7-2)13-15-38)9-11-24(26)35-30-32-19-22(18-31)29(36-30)34-25-10-8-21(5)16-27(25)40-20(3)4/h6,8-11,16-17,19-20H,1,7,12-15H2,2-5H3,(H,33,39)(H2,32,34,35,36). The zero-order valence-corrected chi connectivity index (χ0v) is 23.5. The highest BCUT2D eigenvalue weighted by molar-refractivity contribution is 6.02. The average Bonchev–Trinajstić information content (AvgIpc) is 2.95. The number of benzene rings is 2. The lowest BCUT2D eigenvalue weighted by Crippen LogP contribution is -2.46. The van der Waals surface area contributed by atoms with Gasteiger partial charge >= 0.3 is 0 Å². The summed E-state index contributed by atoms with van der Waals surface area (Å²) in [6.45, 7) is 16.5. The van der Waals surface area contributed by atoms with E-state index in [1.165, 1.54) is 12.3 Å². The number of ether oxygens (including phenoxy) is 1. The number of aryl methyl sites for hydroxylation is 1. The van der Waals surface area contributed by atoms with Crippen LogP contribution in [-0.4, -0.2) is 59.6 Å². The summed E-state index contributed by atoms with van der Waals surface area (Å²) in [5.41, 5.74) is 4.22. The predicted molar refractivity (Wildman–Crippen MR) is 160 cm³/mol. The van der Waals surface area contributed by atoms with E-state index in [2.05, 4.69) is 55.3 Å². The molecule has 0 radical (unpaired) electrons. The Morgan fingerprint density at radius 2 is 1.88 bits per heavy atom. The van der Waals surface area contributed by atoms with E-state index < -0.39 is 0 Å². The van der Waals surface area contributed by atoms with E-state index >= 15 is 0 Å². The third-order valence-electron chi connectivity index (χ3n) is 6.54. The first-order valence-electron chi connectivity index (χ1n) is 13.4. The van der Waals surface area contributed by atoms with Gasteiger partial charge in [0, 0.05) is 31.9 Å². The molecular formula is C30H36N8O2. The van der Waals surface area contributed by atoms with Crippen molar-refractivity contribution in [1.82, 2.24) is 14.9 Å². The molecule has 3 N–H and O–H groups in total. The molecule has 40 heavy (non-hydrogen) atoms. The molecule has 0 unspecified atom stereocenters. The summed E-state index contributed by atoms with van der Waals surface area (Å²) in [7, 11) is 0. The topological polar surface area (TPSA) is 118 Å². The van der Waals surface area contributed by atoms with Crippen LogP contribution in [0.3, 0.4) is 0 Å². The molecule has 1 amide bonds. The highest BCUT2D eigenvalue weighted by Crippen LogP contribution is 2.33. The second-order valence-corrected chi connectivity index (χ2v) is 9.83. The van der Waals surface area contributed by atoms with Crippen molar-refractivity contribution in [3.8, 4) is 11.8 Å². The number of rotatable bonds is 10. The largest absolute Gasteiger partial charge is 0.489 e. The molecule has 3 aromatic rings. The molecular weight excluding hydrogens is 504 g/mol. The number of aromatic nitrogens is 2. The first-order chi connectivity index (χ1) is 19.3. The zero-order valence-electron chi connectivity index (χ0n) is 23.5. The van der Waals surface area contributed by atoms with Crippen LogP contribution in [0.1, 0.15) is 31.9 Å². The van der Waals surface area contributed by atoms with Gasteiger partial charge in [0.15, 0.2) is 5.82 Å². The lowest BCUT2D eigenvalue weighted by molar-refractivity contribution is -0.111. The smallest absolute Gasteiger partial charge is 0.247 e. The molecule has 1 saturated heterocycles. The molecule has 0 bridgehead atoms. The number of anilines is 6. The van der Waals surface area contributed by atoms with E-state index in [0.717, 1.165) is 44.0 Å². The predicted octanol–water partition coefficient (Wildman–Crippen LogP) is 5.20. The minimum atomic E-state index is -0.323. The van der Waals surface area contributed by atoms with Crippen molar-refractivity contribution in [2.24, 2.45) is 0 Å². The van der Waals surface area contributed by atoms with Crippen LogP contribution in [0.5, 0.6) is 5.75 Å². The Hall–Kier alpha value is -4.62. The Bertz CT molecular complexity index is 1410. The third kappa shape index (κ3) is 7.07. The molecule has 208 valence electrons. The van der Waals surface area contributed by atoms with Gasteiger partial charge in [0.2, 0.25) is 11.9 Å². The van der Waals surface area contributed by atoms with Gasteiger partial charge in [0.05, 0.1) is 29.4 Å². The summed E-state index contributed by atoms with van der Waals surface area (Å²) in [5.74, 6) is 0.936. The number of piperazine rings is 1. The second kappa shape index (κ2) is 13.0. The fourth-order valence-corrected chi connectivity index (χ4v) is 4.40. The number of nitrogens with zero attached hydrogens (tertiary/aromatic N) is 5. The molecule has 1 aromatic heterocycles. The molecule has 1 aliphatic heterocycles. The molecule has 10 heteroatoms. The van der Waals surface area contributed by atoms with Crippen molar-refractivity contribution in [3.05, 3.63) is 66.4 Å². The van der Waals surface area contributed by atoms with Crippen LogP contribution in [0.4, 0.5) is 34.5 Å². The summed E-state index contributed by atoms with van der Waals surface area (Å²) in [6, 6.07) is 13.8. The molecule has 0 atom stereocenters. The van der Waals surface area contributed by atoms with Crippen molar-refractivity contribution >= 4 is 40.4 Å². The van der Waals surface area contributed by atoms with E-state index in [0.29, 0.717) is 28.6 Å². The number of likely N-dealkylation sites (N-methyl/N-ethyl adjacent to an activating group) is 1. The van der Waals surface area contributed by atoms with Gasteiger partial charge in [0.1, 0.15) is 17.4 Å². The fraction of sp³-hybridized carbons (Fsp3) is 0.333. The Labute approximate surface area is 235 Å². The van der Waals surface area contributed by atoms with E-state index in [4.69, 9.17) is 4.74 Å². The van der Waals surface area contributed by atoms with Gasteiger partial charge in [-0.15, -0.1) is 0 Å². The number of amides is 1. The normalized spacial score (nSPS) is 13.4. The Morgan fingerprint density at radius 1 is 1.12 bits per heavy atom. The van der Waals surface area contributed by atoms with Gasteiger partial charge in [-0.1, -0.05) is 19.6 Å². The van der Waals surface area contributed by atoms with Crippen molar-refractivity contribution in [2.45, 2.75) is 33.8 Å². The maximum atomic E-state index is 12.3. The molecule has 0 saturated carbocycles. The maximum Gasteiger partial charge on any atom is 0.247 e. The van der Waals surface area contributed by atoms with Crippen molar-refractivity contribution < 1.29 is 9.53 Å². The Kier molecular flexibility index (Phi) is 9.19. The van der Waals surface area contributed by atoms with Crippen LogP contribution >= 0.6 is 0 Å². The number of nitriles is 1. The summed E-state index contributed by atoms with van der Waals surface area (Å²) < 4.78 is 5.98. The Morgan fingerprint density at radius 3 is 2.55 bits per heavy atom. The summed E-state index contributed by atoms with van der Waals surface area (Å²) >= 11 is 0. The maximum absolute atomic E-state index is 12.3. The second-order valence-electron chi connectivity index (χ2n) is 9.83. The first-order valence-corrected chi connectivity index (χ1v) is 13.4. The van der Waals surface area contributed by atoms with E-state index in [1.807, 2.05) is 57.2 Å². The summed E-state index contributed by atoms with van der Waals surface area (Å²) in [4.78, 5) is 25.9. The molecule has 10 nitrogen and oxygen atoms in total. The molecule has 4 rings (SSSR count). The van der Waals surface area contributed by atoms with Gasteiger partial charge in [-0.3, -0.25) is 4.79 Å². The minimum absolute atomic E-state index is 0.0249. The van der Waals surface area contributed by atoms with Gasteiger partial charge in [-0.05, 0) is 69.3 Å². The minimum Gasteiger partial charge on any atom is -0.489 e. The van der Waals surface area contributed by atoms with Crippen LogP contribution in [-0.2, 0) is 4.79 Å².